The molecule has 4 rings (SSSR count). The summed E-state index contributed by atoms with van der Waals surface area (Å²) in [6, 6.07) is 22.1. The van der Waals surface area contributed by atoms with Gasteiger partial charge in [0.15, 0.2) is 11.9 Å². The van der Waals surface area contributed by atoms with E-state index in [-0.39, 0.29) is 5.91 Å². The van der Waals surface area contributed by atoms with E-state index in [0.717, 1.165) is 5.56 Å². The van der Waals surface area contributed by atoms with Crippen molar-refractivity contribution in [3.63, 3.8) is 0 Å². The van der Waals surface area contributed by atoms with Crippen molar-refractivity contribution in [2.45, 2.75) is 12.5 Å². The fraction of sp³-hybridized carbons (Fsp3) is 0.0952. The van der Waals surface area contributed by atoms with Gasteiger partial charge in [-0.1, -0.05) is 41.9 Å². The number of fused-ring (bicyclic) bond motifs is 1. The normalized spacial score (nSPS) is 15.0. The van der Waals surface area contributed by atoms with Crippen LogP contribution >= 0.6 is 11.6 Å². The maximum absolute atomic E-state index is 12.6. The lowest BCUT2D eigenvalue weighted by molar-refractivity contribution is -0.122. The van der Waals surface area contributed by atoms with Crippen molar-refractivity contribution in [3.05, 3.63) is 83.4 Å². The average molecular weight is 366 g/mol. The molecule has 0 spiro atoms. The minimum atomic E-state index is -0.590. The molecule has 1 amide bonds. The molecule has 0 radical (unpaired) electrons. The number of amides is 1. The molecule has 1 heterocycles. The van der Waals surface area contributed by atoms with Crippen LogP contribution in [0.2, 0.25) is 5.02 Å². The van der Waals surface area contributed by atoms with Gasteiger partial charge >= 0.3 is 0 Å². The minimum Gasteiger partial charge on any atom is -0.480 e. The summed E-state index contributed by atoms with van der Waals surface area (Å²) in [4.78, 5) is 12.6. The topological polar surface area (TPSA) is 47.6 Å². The molecule has 0 aromatic heterocycles. The Morgan fingerprint density at radius 2 is 1.81 bits per heavy atom. The molecule has 1 unspecified atom stereocenters. The van der Waals surface area contributed by atoms with E-state index in [1.165, 1.54) is 0 Å². The summed E-state index contributed by atoms with van der Waals surface area (Å²) in [5.41, 5.74) is 1.53. The highest BCUT2D eigenvalue weighted by molar-refractivity contribution is 6.30. The predicted molar refractivity (Wildman–Crippen MR) is 101 cm³/mol. The van der Waals surface area contributed by atoms with Crippen molar-refractivity contribution in [1.82, 2.24) is 0 Å². The molecule has 1 aliphatic rings. The van der Waals surface area contributed by atoms with E-state index in [1.807, 2.05) is 54.6 Å². The first-order chi connectivity index (χ1) is 12.7. The number of carbonyl (C=O) groups excluding carboxylic acids is 1. The van der Waals surface area contributed by atoms with Gasteiger partial charge in [0.25, 0.3) is 5.91 Å². The van der Waals surface area contributed by atoms with Crippen molar-refractivity contribution in [2.24, 2.45) is 0 Å². The Morgan fingerprint density at radius 1 is 1.04 bits per heavy atom. The van der Waals surface area contributed by atoms with Crippen molar-refractivity contribution >= 4 is 23.2 Å². The zero-order valence-electron chi connectivity index (χ0n) is 13.8. The van der Waals surface area contributed by atoms with Gasteiger partial charge in [-0.3, -0.25) is 4.79 Å². The van der Waals surface area contributed by atoms with Crippen LogP contribution in [0.4, 0.5) is 5.69 Å². The van der Waals surface area contributed by atoms with Crippen LogP contribution in [0.25, 0.3) is 0 Å². The van der Waals surface area contributed by atoms with Crippen molar-refractivity contribution in [3.8, 4) is 17.2 Å². The lowest BCUT2D eigenvalue weighted by Gasteiger charge is -2.15. The molecule has 1 aliphatic heterocycles. The molecule has 0 saturated carbocycles. The van der Waals surface area contributed by atoms with Crippen molar-refractivity contribution in [1.29, 1.82) is 0 Å². The molecule has 0 saturated heterocycles. The second kappa shape index (κ2) is 7.10. The highest BCUT2D eigenvalue weighted by Gasteiger charge is 2.29. The van der Waals surface area contributed by atoms with E-state index >= 15 is 0 Å². The zero-order chi connectivity index (χ0) is 17.9. The fourth-order valence-electron chi connectivity index (χ4n) is 2.85. The standard InChI is InChI=1S/C21H16ClNO3/c22-15-10-11-18-14(12-15)13-20(26-18)21(24)23-17-8-4-5-9-19(17)25-16-6-2-1-3-7-16/h1-12,20H,13H2,(H,23,24). The van der Waals surface area contributed by atoms with Gasteiger partial charge in [0.2, 0.25) is 0 Å². The third kappa shape index (κ3) is 3.51. The van der Waals surface area contributed by atoms with Crippen LogP contribution < -0.4 is 14.8 Å². The first-order valence-electron chi connectivity index (χ1n) is 8.27. The van der Waals surface area contributed by atoms with E-state index in [9.17, 15) is 4.79 Å². The molecule has 3 aromatic carbocycles. The van der Waals surface area contributed by atoms with Crippen molar-refractivity contribution < 1.29 is 14.3 Å². The number of rotatable bonds is 4. The smallest absolute Gasteiger partial charge is 0.265 e. The third-order valence-corrected chi connectivity index (χ3v) is 4.34. The Labute approximate surface area is 156 Å². The first kappa shape index (κ1) is 16.5. The Morgan fingerprint density at radius 3 is 2.65 bits per heavy atom. The second-order valence-corrected chi connectivity index (χ2v) is 6.40. The number of nitrogens with one attached hydrogen (secondary N) is 1. The first-order valence-corrected chi connectivity index (χ1v) is 8.65. The second-order valence-electron chi connectivity index (χ2n) is 5.96. The molecular formula is C21H16ClNO3. The van der Waals surface area contributed by atoms with Gasteiger partial charge in [-0.05, 0) is 48.0 Å². The van der Waals surface area contributed by atoms with Crippen LogP contribution in [0.5, 0.6) is 17.2 Å². The Kier molecular flexibility index (Phi) is 4.50. The SMILES string of the molecule is O=C(Nc1ccccc1Oc1ccccc1)C1Cc2cc(Cl)ccc2O1. The summed E-state index contributed by atoms with van der Waals surface area (Å²) in [6.07, 6.45) is -0.100. The van der Waals surface area contributed by atoms with Gasteiger partial charge in [-0.2, -0.15) is 0 Å². The fourth-order valence-corrected chi connectivity index (χ4v) is 3.05. The van der Waals surface area contributed by atoms with Crippen LogP contribution in [0.15, 0.2) is 72.8 Å². The predicted octanol–water partition coefficient (Wildman–Crippen LogP) is 5.07. The van der Waals surface area contributed by atoms with Crippen LogP contribution in [0.3, 0.4) is 0 Å². The Bertz CT molecular complexity index is 943. The minimum absolute atomic E-state index is 0.221. The number of hydrogen-bond donors (Lipinski definition) is 1. The van der Waals surface area contributed by atoms with Crippen LogP contribution in [-0.4, -0.2) is 12.0 Å². The quantitative estimate of drug-likeness (QED) is 0.701. The van der Waals surface area contributed by atoms with Crippen molar-refractivity contribution in [2.75, 3.05) is 5.32 Å². The van der Waals surface area contributed by atoms with Gasteiger partial charge < -0.3 is 14.8 Å². The zero-order valence-corrected chi connectivity index (χ0v) is 14.6. The molecule has 0 aliphatic carbocycles. The summed E-state index contributed by atoms with van der Waals surface area (Å²) < 4.78 is 11.6. The highest BCUT2D eigenvalue weighted by atomic mass is 35.5. The number of hydrogen-bond acceptors (Lipinski definition) is 3. The molecule has 130 valence electrons. The molecule has 0 bridgehead atoms. The van der Waals surface area contributed by atoms with Gasteiger partial charge in [-0.25, -0.2) is 0 Å². The van der Waals surface area contributed by atoms with E-state index in [2.05, 4.69) is 5.32 Å². The lowest BCUT2D eigenvalue weighted by atomic mass is 10.1. The maximum Gasteiger partial charge on any atom is 0.265 e. The number of carbonyl (C=O) groups is 1. The summed E-state index contributed by atoms with van der Waals surface area (Å²) in [5, 5.41) is 3.53. The lowest BCUT2D eigenvalue weighted by Crippen LogP contribution is -2.31. The van der Waals surface area contributed by atoms with Crippen LogP contribution in [0.1, 0.15) is 5.56 Å². The summed E-state index contributed by atoms with van der Waals surface area (Å²) in [6.45, 7) is 0. The van der Waals surface area contributed by atoms with E-state index < -0.39 is 6.10 Å². The Hall–Kier alpha value is -2.98. The number of halogens is 1. The monoisotopic (exact) mass is 365 g/mol. The van der Waals surface area contributed by atoms with Gasteiger partial charge in [-0.15, -0.1) is 0 Å². The largest absolute Gasteiger partial charge is 0.480 e. The van der Waals surface area contributed by atoms with E-state index in [1.54, 1.807) is 18.2 Å². The Balaban J connectivity index is 1.49. The van der Waals surface area contributed by atoms with Gasteiger partial charge in [0.1, 0.15) is 11.5 Å². The molecule has 1 atom stereocenters. The molecular weight excluding hydrogens is 350 g/mol. The number of para-hydroxylation sites is 3. The number of benzene rings is 3. The number of anilines is 1. The van der Waals surface area contributed by atoms with Gasteiger partial charge in [0, 0.05) is 11.4 Å². The summed E-state index contributed by atoms with van der Waals surface area (Å²) in [5.74, 6) is 1.75. The molecule has 0 fully saturated rings. The molecule has 5 heteroatoms. The molecule has 1 N–H and O–H groups in total. The molecule has 26 heavy (non-hydrogen) atoms. The van der Waals surface area contributed by atoms with E-state index in [4.69, 9.17) is 21.1 Å². The summed E-state index contributed by atoms with van der Waals surface area (Å²) >= 11 is 6.01. The number of ether oxygens (including phenoxy) is 2. The summed E-state index contributed by atoms with van der Waals surface area (Å²) in [7, 11) is 0. The molecule has 3 aromatic rings. The van der Waals surface area contributed by atoms with Crippen LogP contribution in [-0.2, 0) is 11.2 Å². The average Bonchev–Trinajstić information content (AvgIpc) is 3.07. The van der Waals surface area contributed by atoms with Crippen LogP contribution in [0, 0.1) is 0 Å². The molecule has 4 nitrogen and oxygen atoms in total. The van der Waals surface area contributed by atoms with E-state index in [0.29, 0.717) is 34.4 Å². The third-order valence-electron chi connectivity index (χ3n) is 4.11. The van der Waals surface area contributed by atoms with Gasteiger partial charge in [0.05, 0.1) is 5.69 Å². The maximum atomic E-state index is 12.6. The highest BCUT2D eigenvalue weighted by Crippen LogP contribution is 2.33.